The average Bonchev–Trinajstić information content (AvgIpc) is 2.30. The molecule has 0 amide bonds. The minimum atomic E-state index is -0.312. The summed E-state index contributed by atoms with van der Waals surface area (Å²) in [4.78, 5) is 14.9. The number of benzene rings is 1. The molecule has 5 nitrogen and oxygen atoms in total. The van der Waals surface area contributed by atoms with Crippen LogP contribution in [0.3, 0.4) is 0 Å². The van der Waals surface area contributed by atoms with E-state index in [1.54, 1.807) is 12.1 Å². The van der Waals surface area contributed by atoms with Crippen LogP contribution in [0.25, 0.3) is 0 Å². The van der Waals surface area contributed by atoms with Gasteiger partial charge in [0.05, 0.1) is 4.92 Å². The summed E-state index contributed by atoms with van der Waals surface area (Å²) >= 11 is 0. The highest BCUT2D eigenvalue weighted by Gasteiger charge is 2.21. The molecule has 1 heterocycles. The number of nitro benzene ring substituents is 1. The van der Waals surface area contributed by atoms with E-state index in [1.807, 2.05) is 12.1 Å². The summed E-state index contributed by atoms with van der Waals surface area (Å²) in [6.07, 6.45) is 0. The SMILES string of the molecule is CN1CCN(c2ccccc2[N+](=O)[O-])CC1.Cl. The van der Waals surface area contributed by atoms with E-state index in [1.165, 1.54) is 0 Å². The third-order valence-electron chi connectivity index (χ3n) is 2.92. The van der Waals surface area contributed by atoms with Gasteiger partial charge in [0, 0.05) is 32.2 Å². The molecular weight excluding hydrogens is 242 g/mol. The number of hydrogen-bond acceptors (Lipinski definition) is 4. The molecular formula is C11H16ClN3O2. The standard InChI is InChI=1S/C11H15N3O2.ClH/c1-12-6-8-13(9-7-12)10-4-2-3-5-11(10)14(15)16;/h2-5H,6-9H2,1H3;1H. The van der Waals surface area contributed by atoms with Gasteiger partial charge in [-0.1, -0.05) is 12.1 Å². The van der Waals surface area contributed by atoms with E-state index in [-0.39, 0.29) is 23.0 Å². The van der Waals surface area contributed by atoms with Crippen LogP contribution in [-0.4, -0.2) is 43.0 Å². The first-order valence-electron chi connectivity index (χ1n) is 5.35. The zero-order valence-corrected chi connectivity index (χ0v) is 10.5. The van der Waals surface area contributed by atoms with E-state index in [0.717, 1.165) is 31.9 Å². The van der Waals surface area contributed by atoms with Gasteiger partial charge in [-0.2, -0.15) is 0 Å². The van der Waals surface area contributed by atoms with E-state index < -0.39 is 0 Å². The highest BCUT2D eigenvalue weighted by molar-refractivity contribution is 5.85. The maximum Gasteiger partial charge on any atom is 0.292 e. The number of para-hydroxylation sites is 2. The van der Waals surface area contributed by atoms with Gasteiger partial charge in [-0.05, 0) is 13.1 Å². The van der Waals surface area contributed by atoms with Crippen LogP contribution in [0, 0.1) is 10.1 Å². The maximum absolute atomic E-state index is 10.9. The van der Waals surface area contributed by atoms with E-state index in [2.05, 4.69) is 16.8 Å². The van der Waals surface area contributed by atoms with Crippen LogP contribution in [0.4, 0.5) is 11.4 Å². The summed E-state index contributed by atoms with van der Waals surface area (Å²) in [7, 11) is 2.07. The van der Waals surface area contributed by atoms with Gasteiger partial charge in [0.25, 0.3) is 5.69 Å². The molecule has 0 spiro atoms. The van der Waals surface area contributed by atoms with Crippen molar-refractivity contribution in [1.82, 2.24) is 4.90 Å². The van der Waals surface area contributed by atoms with Crippen molar-refractivity contribution in [3.63, 3.8) is 0 Å². The molecule has 0 aliphatic carbocycles. The molecule has 0 aromatic heterocycles. The molecule has 94 valence electrons. The molecule has 2 rings (SSSR count). The molecule has 0 unspecified atom stereocenters. The van der Waals surface area contributed by atoms with Gasteiger partial charge in [0.15, 0.2) is 0 Å². The minimum absolute atomic E-state index is 0. The number of rotatable bonds is 2. The van der Waals surface area contributed by atoms with Gasteiger partial charge in [-0.15, -0.1) is 12.4 Å². The minimum Gasteiger partial charge on any atom is -0.363 e. The van der Waals surface area contributed by atoms with E-state index in [4.69, 9.17) is 0 Å². The summed E-state index contributed by atoms with van der Waals surface area (Å²) in [6, 6.07) is 6.94. The zero-order valence-electron chi connectivity index (χ0n) is 9.70. The highest BCUT2D eigenvalue weighted by atomic mass is 35.5. The second-order valence-corrected chi connectivity index (χ2v) is 4.04. The lowest BCUT2D eigenvalue weighted by Crippen LogP contribution is -2.44. The molecule has 0 bridgehead atoms. The number of piperazine rings is 1. The van der Waals surface area contributed by atoms with Crippen LogP contribution in [-0.2, 0) is 0 Å². The van der Waals surface area contributed by atoms with Crippen LogP contribution >= 0.6 is 12.4 Å². The second kappa shape index (κ2) is 5.84. The summed E-state index contributed by atoms with van der Waals surface area (Å²) in [5.74, 6) is 0. The lowest BCUT2D eigenvalue weighted by Gasteiger charge is -2.33. The van der Waals surface area contributed by atoms with Crippen LogP contribution in [0.15, 0.2) is 24.3 Å². The van der Waals surface area contributed by atoms with Gasteiger partial charge in [-0.3, -0.25) is 10.1 Å². The highest BCUT2D eigenvalue weighted by Crippen LogP contribution is 2.27. The molecule has 1 aromatic carbocycles. The summed E-state index contributed by atoms with van der Waals surface area (Å²) < 4.78 is 0. The molecule has 1 fully saturated rings. The molecule has 0 radical (unpaired) electrons. The molecule has 0 saturated carbocycles. The predicted molar refractivity (Wildman–Crippen MR) is 70.1 cm³/mol. The quantitative estimate of drug-likeness (QED) is 0.599. The van der Waals surface area contributed by atoms with Crippen LogP contribution in [0.2, 0.25) is 0 Å². The van der Waals surface area contributed by atoms with Gasteiger partial charge in [0.2, 0.25) is 0 Å². The van der Waals surface area contributed by atoms with Gasteiger partial charge in [-0.25, -0.2) is 0 Å². The topological polar surface area (TPSA) is 49.6 Å². The number of hydrogen-bond donors (Lipinski definition) is 0. The van der Waals surface area contributed by atoms with E-state index in [9.17, 15) is 10.1 Å². The van der Waals surface area contributed by atoms with Crippen LogP contribution in [0.1, 0.15) is 0 Å². The number of nitrogens with zero attached hydrogens (tertiary/aromatic N) is 3. The molecule has 1 saturated heterocycles. The Hall–Kier alpha value is -1.33. The van der Waals surface area contributed by atoms with Gasteiger partial charge >= 0.3 is 0 Å². The fraction of sp³-hybridized carbons (Fsp3) is 0.455. The normalized spacial score (nSPS) is 16.4. The number of nitro groups is 1. The first-order chi connectivity index (χ1) is 7.68. The van der Waals surface area contributed by atoms with E-state index >= 15 is 0 Å². The first-order valence-corrected chi connectivity index (χ1v) is 5.35. The summed E-state index contributed by atoms with van der Waals surface area (Å²) in [5.41, 5.74) is 0.938. The smallest absolute Gasteiger partial charge is 0.292 e. The molecule has 0 atom stereocenters. The fourth-order valence-corrected chi connectivity index (χ4v) is 1.93. The molecule has 1 aliphatic rings. The summed E-state index contributed by atoms with van der Waals surface area (Å²) in [6.45, 7) is 3.60. The maximum atomic E-state index is 10.9. The Kier molecular flexibility index (Phi) is 4.72. The Balaban J connectivity index is 0.00000144. The largest absolute Gasteiger partial charge is 0.363 e. The van der Waals surface area contributed by atoms with E-state index in [0.29, 0.717) is 0 Å². The molecule has 0 N–H and O–H groups in total. The lowest BCUT2D eigenvalue weighted by atomic mass is 10.2. The number of anilines is 1. The Bertz CT molecular complexity index is 392. The Morgan fingerprint density at radius 3 is 2.35 bits per heavy atom. The molecule has 1 aliphatic heterocycles. The Morgan fingerprint density at radius 1 is 1.18 bits per heavy atom. The zero-order chi connectivity index (χ0) is 11.5. The first kappa shape index (κ1) is 13.7. The molecule has 17 heavy (non-hydrogen) atoms. The Morgan fingerprint density at radius 2 is 1.76 bits per heavy atom. The summed E-state index contributed by atoms with van der Waals surface area (Å²) in [5, 5.41) is 10.9. The number of likely N-dealkylation sites (N-methyl/N-ethyl adjacent to an activating group) is 1. The lowest BCUT2D eigenvalue weighted by molar-refractivity contribution is -0.384. The van der Waals surface area contributed by atoms with Gasteiger partial charge < -0.3 is 9.80 Å². The van der Waals surface area contributed by atoms with Crippen molar-refractivity contribution in [2.45, 2.75) is 0 Å². The average molecular weight is 258 g/mol. The van der Waals surface area contributed by atoms with Crippen molar-refractivity contribution in [3.05, 3.63) is 34.4 Å². The van der Waals surface area contributed by atoms with Crippen molar-refractivity contribution >= 4 is 23.8 Å². The van der Waals surface area contributed by atoms with Crippen molar-refractivity contribution < 1.29 is 4.92 Å². The van der Waals surface area contributed by atoms with Crippen LogP contribution in [0.5, 0.6) is 0 Å². The predicted octanol–water partition coefficient (Wildman–Crippen LogP) is 1.77. The molecule has 6 heteroatoms. The van der Waals surface area contributed by atoms with Crippen LogP contribution < -0.4 is 4.90 Å². The second-order valence-electron chi connectivity index (χ2n) is 4.04. The van der Waals surface area contributed by atoms with Crippen molar-refractivity contribution in [3.8, 4) is 0 Å². The van der Waals surface area contributed by atoms with Crippen molar-refractivity contribution in [2.24, 2.45) is 0 Å². The van der Waals surface area contributed by atoms with Crippen molar-refractivity contribution in [1.29, 1.82) is 0 Å². The number of halogens is 1. The fourth-order valence-electron chi connectivity index (χ4n) is 1.93. The van der Waals surface area contributed by atoms with Gasteiger partial charge in [0.1, 0.15) is 5.69 Å². The third-order valence-corrected chi connectivity index (χ3v) is 2.92. The van der Waals surface area contributed by atoms with Crippen molar-refractivity contribution in [2.75, 3.05) is 38.1 Å². The Labute approximate surface area is 107 Å². The monoisotopic (exact) mass is 257 g/mol. The molecule has 1 aromatic rings. The third kappa shape index (κ3) is 3.08.